The zero-order valence-electron chi connectivity index (χ0n) is 11.5. The van der Waals surface area contributed by atoms with Gasteiger partial charge in [0.05, 0.1) is 19.3 Å². The molecule has 0 saturated heterocycles. The third-order valence-corrected chi connectivity index (χ3v) is 2.19. The number of hydrogen-bond donors (Lipinski definition) is 1. The Morgan fingerprint density at radius 2 is 1.83 bits per heavy atom. The highest BCUT2D eigenvalue weighted by molar-refractivity contribution is 5.18. The van der Waals surface area contributed by atoms with Crippen LogP contribution in [0.25, 0.3) is 0 Å². The fraction of sp³-hybridized carbons (Fsp3) is 0.692. The smallest absolute Gasteiger partial charge is 0.220 e. The van der Waals surface area contributed by atoms with Crippen LogP contribution in [0.15, 0.2) is 12.4 Å². The average molecular weight is 253 g/mol. The molecule has 0 aliphatic rings. The maximum Gasteiger partial charge on any atom is 0.220 e. The van der Waals surface area contributed by atoms with Gasteiger partial charge in [-0.25, -0.2) is 9.97 Å². The molecule has 5 nitrogen and oxygen atoms in total. The molecule has 1 aromatic heterocycles. The van der Waals surface area contributed by atoms with Crippen molar-refractivity contribution in [2.75, 3.05) is 19.8 Å². The molecular formula is C13H23N3O2. The Labute approximate surface area is 109 Å². The minimum Gasteiger partial charge on any atom is -0.478 e. The maximum absolute atomic E-state index is 5.54. The van der Waals surface area contributed by atoms with E-state index in [0.29, 0.717) is 31.0 Å². The van der Waals surface area contributed by atoms with E-state index in [0.717, 1.165) is 19.4 Å². The zero-order valence-corrected chi connectivity index (χ0v) is 11.5. The lowest BCUT2D eigenvalue weighted by atomic mass is 10.3. The second-order valence-corrected chi connectivity index (χ2v) is 4.35. The molecule has 5 heteroatoms. The van der Waals surface area contributed by atoms with Gasteiger partial charge >= 0.3 is 0 Å². The standard InChI is InChI=1S/C13H23N3O2/c1-4-7-17-12-9-13(16-10-15-12)18-8-5-6-14-11(2)3/h9-11,14H,4-8H2,1-3H3. The third kappa shape index (κ3) is 6.39. The molecule has 0 aliphatic carbocycles. The number of hydrogen-bond acceptors (Lipinski definition) is 5. The minimum absolute atomic E-state index is 0.512. The molecule has 0 saturated carbocycles. The first kappa shape index (κ1) is 14.7. The first-order chi connectivity index (χ1) is 8.72. The fourth-order valence-electron chi connectivity index (χ4n) is 1.33. The predicted octanol–water partition coefficient (Wildman–Crippen LogP) is 2.03. The van der Waals surface area contributed by atoms with Crippen LogP contribution in [0.3, 0.4) is 0 Å². The lowest BCUT2D eigenvalue weighted by Gasteiger charge is -2.09. The Morgan fingerprint density at radius 1 is 1.17 bits per heavy atom. The van der Waals surface area contributed by atoms with Crippen LogP contribution in [0.2, 0.25) is 0 Å². The molecule has 0 unspecified atom stereocenters. The Morgan fingerprint density at radius 3 is 2.44 bits per heavy atom. The first-order valence-corrected chi connectivity index (χ1v) is 6.53. The summed E-state index contributed by atoms with van der Waals surface area (Å²) >= 11 is 0. The molecule has 0 bridgehead atoms. The number of nitrogens with one attached hydrogen (secondary N) is 1. The summed E-state index contributed by atoms with van der Waals surface area (Å²) in [5.74, 6) is 1.14. The maximum atomic E-state index is 5.54. The van der Waals surface area contributed by atoms with Crippen LogP contribution in [-0.2, 0) is 0 Å². The van der Waals surface area contributed by atoms with E-state index in [1.165, 1.54) is 6.33 Å². The molecule has 1 heterocycles. The molecule has 1 rings (SSSR count). The number of aromatic nitrogens is 2. The second kappa shape index (κ2) is 8.69. The number of nitrogens with zero attached hydrogens (tertiary/aromatic N) is 2. The average Bonchev–Trinajstić information content (AvgIpc) is 2.36. The molecular weight excluding hydrogens is 230 g/mol. The van der Waals surface area contributed by atoms with Crippen LogP contribution in [0.5, 0.6) is 11.8 Å². The Balaban J connectivity index is 2.24. The summed E-state index contributed by atoms with van der Waals surface area (Å²) in [5.41, 5.74) is 0. The Bertz CT molecular complexity index is 332. The SMILES string of the molecule is CCCOc1cc(OCCCNC(C)C)ncn1. The molecule has 0 atom stereocenters. The van der Waals surface area contributed by atoms with Gasteiger partial charge in [0.15, 0.2) is 0 Å². The van der Waals surface area contributed by atoms with Gasteiger partial charge < -0.3 is 14.8 Å². The lowest BCUT2D eigenvalue weighted by molar-refractivity contribution is 0.280. The van der Waals surface area contributed by atoms with Crippen molar-refractivity contribution in [3.8, 4) is 11.8 Å². The van der Waals surface area contributed by atoms with E-state index >= 15 is 0 Å². The zero-order chi connectivity index (χ0) is 13.2. The molecule has 0 aliphatic heterocycles. The van der Waals surface area contributed by atoms with E-state index in [9.17, 15) is 0 Å². The van der Waals surface area contributed by atoms with Crippen molar-refractivity contribution in [3.63, 3.8) is 0 Å². The van der Waals surface area contributed by atoms with E-state index in [1.807, 2.05) is 0 Å². The summed E-state index contributed by atoms with van der Waals surface area (Å²) in [5, 5.41) is 3.33. The molecule has 0 aromatic carbocycles. The molecule has 102 valence electrons. The van der Waals surface area contributed by atoms with Crippen molar-refractivity contribution < 1.29 is 9.47 Å². The molecule has 1 aromatic rings. The van der Waals surface area contributed by atoms with Gasteiger partial charge in [-0.2, -0.15) is 0 Å². The van der Waals surface area contributed by atoms with Crippen LogP contribution >= 0.6 is 0 Å². The van der Waals surface area contributed by atoms with Crippen LogP contribution in [0, 0.1) is 0 Å². The predicted molar refractivity (Wildman–Crippen MR) is 71.1 cm³/mol. The van der Waals surface area contributed by atoms with Crippen molar-refractivity contribution in [3.05, 3.63) is 12.4 Å². The summed E-state index contributed by atoms with van der Waals surface area (Å²) in [4.78, 5) is 8.07. The van der Waals surface area contributed by atoms with Crippen LogP contribution < -0.4 is 14.8 Å². The highest BCUT2D eigenvalue weighted by atomic mass is 16.5. The minimum atomic E-state index is 0.512. The third-order valence-electron chi connectivity index (χ3n) is 2.19. The van der Waals surface area contributed by atoms with Gasteiger partial charge in [0.1, 0.15) is 6.33 Å². The van der Waals surface area contributed by atoms with Gasteiger partial charge in [-0.15, -0.1) is 0 Å². The normalized spacial score (nSPS) is 10.7. The van der Waals surface area contributed by atoms with Gasteiger partial charge in [0.2, 0.25) is 11.8 Å². The van der Waals surface area contributed by atoms with Gasteiger partial charge in [-0.05, 0) is 19.4 Å². The van der Waals surface area contributed by atoms with Crippen molar-refractivity contribution >= 4 is 0 Å². The molecule has 0 spiro atoms. The Kier molecular flexibility index (Phi) is 7.10. The molecule has 0 fully saturated rings. The van der Waals surface area contributed by atoms with Crippen LogP contribution in [-0.4, -0.2) is 35.8 Å². The summed E-state index contributed by atoms with van der Waals surface area (Å²) in [6, 6.07) is 2.24. The summed E-state index contributed by atoms with van der Waals surface area (Å²) in [6.45, 7) is 8.56. The molecule has 18 heavy (non-hydrogen) atoms. The fourth-order valence-corrected chi connectivity index (χ4v) is 1.33. The quantitative estimate of drug-likeness (QED) is 0.682. The van der Waals surface area contributed by atoms with Gasteiger partial charge in [0, 0.05) is 6.04 Å². The van der Waals surface area contributed by atoms with Crippen molar-refractivity contribution in [2.24, 2.45) is 0 Å². The van der Waals surface area contributed by atoms with Crippen molar-refractivity contribution in [1.29, 1.82) is 0 Å². The monoisotopic (exact) mass is 253 g/mol. The van der Waals surface area contributed by atoms with E-state index in [-0.39, 0.29) is 0 Å². The lowest BCUT2D eigenvalue weighted by Crippen LogP contribution is -2.24. The van der Waals surface area contributed by atoms with Crippen LogP contribution in [0.1, 0.15) is 33.6 Å². The van der Waals surface area contributed by atoms with Crippen molar-refractivity contribution in [1.82, 2.24) is 15.3 Å². The van der Waals surface area contributed by atoms with E-state index in [4.69, 9.17) is 9.47 Å². The van der Waals surface area contributed by atoms with Gasteiger partial charge in [0.25, 0.3) is 0 Å². The van der Waals surface area contributed by atoms with Crippen LogP contribution in [0.4, 0.5) is 0 Å². The summed E-state index contributed by atoms with van der Waals surface area (Å²) < 4.78 is 10.9. The largest absolute Gasteiger partial charge is 0.478 e. The number of rotatable bonds is 9. The van der Waals surface area contributed by atoms with E-state index in [1.54, 1.807) is 6.07 Å². The first-order valence-electron chi connectivity index (χ1n) is 6.53. The summed E-state index contributed by atoms with van der Waals surface area (Å²) in [6.07, 6.45) is 3.38. The second-order valence-electron chi connectivity index (χ2n) is 4.35. The van der Waals surface area contributed by atoms with Crippen molar-refractivity contribution in [2.45, 2.75) is 39.7 Å². The summed E-state index contributed by atoms with van der Waals surface area (Å²) in [7, 11) is 0. The Hall–Kier alpha value is -1.36. The van der Waals surface area contributed by atoms with E-state index < -0.39 is 0 Å². The highest BCUT2D eigenvalue weighted by Crippen LogP contribution is 2.13. The molecule has 0 radical (unpaired) electrons. The number of ether oxygens (including phenoxy) is 2. The van der Waals surface area contributed by atoms with Gasteiger partial charge in [-0.1, -0.05) is 20.8 Å². The van der Waals surface area contributed by atoms with Gasteiger partial charge in [-0.3, -0.25) is 0 Å². The molecule has 1 N–H and O–H groups in total. The van der Waals surface area contributed by atoms with E-state index in [2.05, 4.69) is 36.1 Å². The topological polar surface area (TPSA) is 56.3 Å². The highest BCUT2D eigenvalue weighted by Gasteiger charge is 2.00. The molecule has 0 amide bonds.